The first-order chi connectivity index (χ1) is 9.27. The van der Waals surface area contributed by atoms with E-state index in [2.05, 4.69) is 44.9 Å². The Balaban J connectivity index is 2.18. The molecule has 1 N–H and O–H groups in total. The van der Waals surface area contributed by atoms with Crippen LogP contribution in [-0.2, 0) is 6.54 Å². The quantitative estimate of drug-likeness (QED) is 0.853. The Morgan fingerprint density at radius 3 is 2.84 bits per heavy atom. The van der Waals surface area contributed by atoms with Crippen molar-refractivity contribution in [2.45, 2.75) is 70.9 Å². The smallest absolute Gasteiger partial charge is 0.0635 e. The Hall–Kier alpha value is -0.350. The second kappa shape index (κ2) is 7.44. The van der Waals surface area contributed by atoms with Crippen LogP contribution in [0, 0.1) is 0 Å². The number of rotatable bonds is 6. The lowest BCUT2D eigenvalue weighted by molar-refractivity contribution is 0.313. The van der Waals surface area contributed by atoms with Crippen LogP contribution in [-0.4, -0.2) is 22.4 Å². The number of aromatic nitrogens is 2. The summed E-state index contributed by atoms with van der Waals surface area (Å²) in [7, 11) is 0. The molecule has 1 heterocycles. The first-order valence-corrected chi connectivity index (χ1v) is 8.51. The molecule has 2 rings (SSSR count). The summed E-state index contributed by atoms with van der Waals surface area (Å²) in [6.07, 6.45) is 9.61. The summed E-state index contributed by atoms with van der Waals surface area (Å²) < 4.78 is 3.40. The van der Waals surface area contributed by atoms with Crippen LogP contribution >= 0.6 is 15.9 Å². The van der Waals surface area contributed by atoms with Crippen molar-refractivity contribution in [1.82, 2.24) is 15.1 Å². The Morgan fingerprint density at radius 1 is 1.32 bits per heavy atom. The van der Waals surface area contributed by atoms with E-state index in [1.165, 1.54) is 42.3 Å². The van der Waals surface area contributed by atoms with E-state index < -0.39 is 0 Å². The van der Waals surface area contributed by atoms with Gasteiger partial charge in [-0.15, -0.1) is 0 Å². The zero-order valence-corrected chi connectivity index (χ0v) is 13.7. The fourth-order valence-electron chi connectivity index (χ4n) is 3.16. The minimum atomic E-state index is 0.615. The molecule has 19 heavy (non-hydrogen) atoms. The standard InChI is InChI=1S/C15H26BrN3/c1-3-9-17-14-8-6-5-7-12(14)15-13(16)11-18-19(15)10-4-2/h11-12,14,17H,3-10H2,1-2H3. The summed E-state index contributed by atoms with van der Waals surface area (Å²) >= 11 is 3.71. The van der Waals surface area contributed by atoms with Gasteiger partial charge in [0, 0.05) is 18.5 Å². The van der Waals surface area contributed by atoms with Crippen LogP contribution in [0.1, 0.15) is 64.0 Å². The van der Waals surface area contributed by atoms with E-state index >= 15 is 0 Å². The van der Waals surface area contributed by atoms with Crippen LogP contribution in [0.2, 0.25) is 0 Å². The monoisotopic (exact) mass is 327 g/mol. The van der Waals surface area contributed by atoms with Gasteiger partial charge < -0.3 is 5.32 Å². The maximum Gasteiger partial charge on any atom is 0.0635 e. The summed E-state index contributed by atoms with van der Waals surface area (Å²) in [6.45, 7) is 6.60. The highest BCUT2D eigenvalue weighted by molar-refractivity contribution is 9.10. The number of nitrogens with zero attached hydrogens (tertiary/aromatic N) is 2. The molecule has 2 unspecified atom stereocenters. The van der Waals surface area contributed by atoms with Gasteiger partial charge in [0.05, 0.1) is 16.4 Å². The normalized spacial score (nSPS) is 23.7. The second-order valence-corrected chi connectivity index (χ2v) is 6.41. The van der Waals surface area contributed by atoms with Crippen LogP contribution in [0.5, 0.6) is 0 Å². The van der Waals surface area contributed by atoms with E-state index in [4.69, 9.17) is 0 Å². The molecule has 0 saturated heterocycles. The molecule has 108 valence electrons. The van der Waals surface area contributed by atoms with Gasteiger partial charge in [0.25, 0.3) is 0 Å². The molecule has 1 aromatic rings. The maximum atomic E-state index is 4.54. The lowest BCUT2D eigenvalue weighted by atomic mass is 9.82. The second-order valence-electron chi connectivity index (χ2n) is 5.55. The molecule has 0 spiro atoms. The molecule has 0 aromatic carbocycles. The molecule has 1 fully saturated rings. The van der Waals surface area contributed by atoms with E-state index in [0.29, 0.717) is 12.0 Å². The summed E-state index contributed by atoms with van der Waals surface area (Å²) in [4.78, 5) is 0. The van der Waals surface area contributed by atoms with Crippen LogP contribution in [0.15, 0.2) is 10.7 Å². The lowest BCUT2D eigenvalue weighted by Crippen LogP contribution is -2.38. The van der Waals surface area contributed by atoms with Gasteiger partial charge in [-0.2, -0.15) is 5.10 Å². The van der Waals surface area contributed by atoms with Gasteiger partial charge >= 0.3 is 0 Å². The Labute approximate surface area is 125 Å². The first kappa shape index (κ1) is 15.0. The highest BCUT2D eigenvalue weighted by atomic mass is 79.9. The Morgan fingerprint density at radius 2 is 2.11 bits per heavy atom. The van der Waals surface area contributed by atoms with E-state index in [-0.39, 0.29) is 0 Å². The van der Waals surface area contributed by atoms with Crippen molar-refractivity contribution in [1.29, 1.82) is 0 Å². The average Bonchev–Trinajstić information content (AvgIpc) is 2.78. The van der Waals surface area contributed by atoms with Gasteiger partial charge in [-0.05, 0) is 48.2 Å². The van der Waals surface area contributed by atoms with Crippen molar-refractivity contribution in [3.63, 3.8) is 0 Å². The average molecular weight is 328 g/mol. The van der Waals surface area contributed by atoms with Gasteiger partial charge in [0.2, 0.25) is 0 Å². The van der Waals surface area contributed by atoms with Gasteiger partial charge in [-0.3, -0.25) is 4.68 Å². The van der Waals surface area contributed by atoms with Crippen LogP contribution in [0.25, 0.3) is 0 Å². The molecule has 2 atom stereocenters. The molecule has 3 nitrogen and oxygen atoms in total. The molecular weight excluding hydrogens is 302 g/mol. The van der Waals surface area contributed by atoms with Crippen molar-refractivity contribution in [2.75, 3.05) is 6.54 Å². The van der Waals surface area contributed by atoms with Crippen molar-refractivity contribution < 1.29 is 0 Å². The molecule has 4 heteroatoms. The number of hydrogen-bond donors (Lipinski definition) is 1. The Bertz CT molecular complexity index is 389. The van der Waals surface area contributed by atoms with Crippen molar-refractivity contribution >= 4 is 15.9 Å². The number of halogens is 1. The molecular formula is C15H26BrN3. The summed E-state index contributed by atoms with van der Waals surface area (Å²) in [5.41, 5.74) is 1.41. The van der Waals surface area contributed by atoms with Crippen molar-refractivity contribution in [3.05, 3.63) is 16.4 Å². The van der Waals surface area contributed by atoms with Crippen molar-refractivity contribution in [2.24, 2.45) is 0 Å². The number of aryl methyl sites for hydroxylation is 1. The third-order valence-electron chi connectivity index (χ3n) is 4.04. The molecule has 1 aromatic heterocycles. The molecule has 0 radical (unpaired) electrons. The first-order valence-electron chi connectivity index (χ1n) is 7.72. The number of nitrogens with one attached hydrogen (secondary N) is 1. The van der Waals surface area contributed by atoms with E-state index in [1.807, 2.05) is 6.20 Å². The van der Waals surface area contributed by atoms with Crippen LogP contribution in [0.4, 0.5) is 0 Å². The largest absolute Gasteiger partial charge is 0.313 e. The van der Waals surface area contributed by atoms with E-state index in [1.54, 1.807) is 0 Å². The fourth-order valence-corrected chi connectivity index (χ4v) is 3.75. The number of hydrogen-bond acceptors (Lipinski definition) is 2. The minimum Gasteiger partial charge on any atom is -0.313 e. The van der Waals surface area contributed by atoms with Gasteiger partial charge in [-0.25, -0.2) is 0 Å². The third kappa shape index (κ3) is 3.60. The lowest BCUT2D eigenvalue weighted by Gasteiger charge is -2.33. The van der Waals surface area contributed by atoms with E-state index in [9.17, 15) is 0 Å². The van der Waals surface area contributed by atoms with Crippen LogP contribution < -0.4 is 5.32 Å². The third-order valence-corrected chi connectivity index (χ3v) is 4.65. The summed E-state index contributed by atoms with van der Waals surface area (Å²) in [5.74, 6) is 0.615. The van der Waals surface area contributed by atoms with Gasteiger partial charge in [0.15, 0.2) is 0 Å². The fraction of sp³-hybridized carbons (Fsp3) is 0.800. The predicted molar refractivity (Wildman–Crippen MR) is 83.5 cm³/mol. The van der Waals surface area contributed by atoms with E-state index in [0.717, 1.165) is 19.5 Å². The SMILES string of the molecule is CCCNC1CCCCC1c1c(Br)cnn1CCC. The zero-order chi connectivity index (χ0) is 13.7. The minimum absolute atomic E-state index is 0.615. The predicted octanol–water partition coefficient (Wildman–Crippen LogP) is 4.08. The summed E-state index contributed by atoms with van der Waals surface area (Å²) in [6, 6.07) is 0.623. The molecule has 1 saturated carbocycles. The van der Waals surface area contributed by atoms with Gasteiger partial charge in [-0.1, -0.05) is 26.7 Å². The molecule has 0 amide bonds. The van der Waals surface area contributed by atoms with Gasteiger partial charge in [0.1, 0.15) is 0 Å². The maximum absolute atomic E-state index is 4.54. The summed E-state index contributed by atoms with van der Waals surface area (Å²) in [5, 5.41) is 8.28. The molecule has 0 bridgehead atoms. The molecule has 1 aliphatic carbocycles. The highest BCUT2D eigenvalue weighted by Crippen LogP contribution is 2.36. The van der Waals surface area contributed by atoms with Crippen LogP contribution in [0.3, 0.4) is 0 Å². The van der Waals surface area contributed by atoms with Crippen molar-refractivity contribution in [3.8, 4) is 0 Å². The highest BCUT2D eigenvalue weighted by Gasteiger charge is 2.30. The topological polar surface area (TPSA) is 29.9 Å². The molecule has 1 aliphatic rings. The zero-order valence-electron chi connectivity index (χ0n) is 12.2. The Kier molecular flexibility index (Phi) is 5.89. The molecule has 0 aliphatic heterocycles.